The highest BCUT2D eigenvalue weighted by Gasteiger charge is 2.31. The van der Waals surface area contributed by atoms with Crippen molar-refractivity contribution in [3.8, 4) is 0 Å². The van der Waals surface area contributed by atoms with Gasteiger partial charge in [-0.3, -0.25) is 14.5 Å². The molecule has 0 spiro atoms. The largest absolute Gasteiger partial charge is 0.354 e. The number of halogens is 1. The summed E-state index contributed by atoms with van der Waals surface area (Å²) < 4.78 is 26.7. The monoisotopic (exact) mass is 388 g/mol. The lowest BCUT2D eigenvalue weighted by Gasteiger charge is -2.13. The fourth-order valence-electron chi connectivity index (χ4n) is 2.47. The van der Waals surface area contributed by atoms with Gasteiger partial charge < -0.3 is 11.1 Å². The second kappa shape index (κ2) is 9.74. The maximum atomic E-state index is 12.3. The molecule has 0 saturated heterocycles. The standard InChI is InChI=1S/C16H24N4O3S.ClH/c1-2-3-8-13(16(21)18-11-6-10-17)19-15-12-7-4-5-9-14(12)24(22,23)20-15;/h4-5,7,9,13H,2-3,6,8,10-11,17H2,1H3,(H,18,21)(H,19,20);1H. The van der Waals surface area contributed by atoms with E-state index in [9.17, 15) is 13.2 Å². The third-order valence-corrected chi connectivity index (χ3v) is 5.16. The van der Waals surface area contributed by atoms with Gasteiger partial charge in [-0.1, -0.05) is 31.9 Å². The molecule has 0 aromatic heterocycles. The summed E-state index contributed by atoms with van der Waals surface area (Å²) in [7, 11) is -3.60. The highest BCUT2D eigenvalue weighted by Crippen LogP contribution is 2.23. The highest BCUT2D eigenvalue weighted by molar-refractivity contribution is 7.90. The van der Waals surface area contributed by atoms with Crippen molar-refractivity contribution in [1.82, 2.24) is 10.0 Å². The summed E-state index contributed by atoms with van der Waals surface area (Å²) in [6.07, 6.45) is 3.02. The minimum Gasteiger partial charge on any atom is -0.354 e. The quantitative estimate of drug-likeness (QED) is 0.580. The molecule has 140 valence electrons. The van der Waals surface area contributed by atoms with Crippen LogP contribution >= 0.6 is 12.4 Å². The van der Waals surface area contributed by atoms with Gasteiger partial charge in [-0.05, 0) is 31.5 Å². The maximum Gasteiger partial charge on any atom is 0.263 e. The van der Waals surface area contributed by atoms with E-state index >= 15 is 0 Å². The van der Waals surface area contributed by atoms with Gasteiger partial charge in [0.05, 0.1) is 4.90 Å². The Hall–Kier alpha value is -1.64. The molecule has 0 fully saturated rings. The van der Waals surface area contributed by atoms with Crippen LogP contribution in [-0.4, -0.2) is 39.3 Å². The number of nitrogens with one attached hydrogen (secondary N) is 2. The van der Waals surface area contributed by atoms with Crippen LogP contribution in [0.2, 0.25) is 0 Å². The number of fused-ring (bicyclic) bond motifs is 1. The molecular formula is C16H25ClN4O3S. The van der Waals surface area contributed by atoms with E-state index in [0.29, 0.717) is 31.5 Å². The van der Waals surface area contributed by atoms with Crippen LogP contribution in [0.1, 0.15) is 38.2 Å². The molecule has 1 aromatic carbocycles. The summed E-state index contributed by atoms with van der Waals surface area (Å²) in [5.74, 6) is 0.0358. The molecule has 25 heavy (non-hydrogen) atoms. The first-order valence-electron chi connectivity index (χ1n) is 8.17. The molecule has 2 rings (SSSR count). The number of amidine groups is 1. The smallest absolute Gasteiger partial charge is 0.263 e. The molecule has 4 N–H and O–H groups in total. The van der Waals surface area contributed by atoms with Gasteiger partial charge in [0.15, 0.2) is 0 Å². The molecule has 1 amide bonds. The minimum absolute atomic E-state index is 0. The number of hydrogen-bond donors (Lipinski definition) is 3. The van der Waals surface area contributed by atoms with E-state index < -0.39 is 16.1 Å². The van der Waals surface area contributed by atoms with Gasteiger partial charge in [-0.25, -0.2) is 8.42 Å². The summed E-state index contributed by atoms with van der Waals surface area (Å²) in [5, 5.41) is 2.81. The minimum atomic E-state index is -3.60. The summed E-state index contributed by atoms with van der Waals surface area (Å²) in [6, 6.07) is 6.01. The Bertz CT molecular complexity index is 722. The van der Waals surface area contributed by atoms with Crippen LogP contribution in [0.25, 0.3) is 0 Å². The first kappa shape index (κ1) is 21.4. The maximum absolute atomic E-state index is 12.3. The second-order valence-electron chi connectivity index (χ2n) is 5.67. The van der Waals surface area contributed by atoms with Gasteiger partial charge >= 0.3 is 0 Å². The van der Waals surface area contributed by atoms with Crippen LogP contribution in [0.3, 0.4) is 0 Å². The molecule has 0 bridgehead atoms. The molecule has 9 heteroatoms. The Morgan fingerprint density at radius 2 is 2.04 bits per heavy atom. The fraction of sp³-hybridized carbons (Fsp3) is 0.500. The van der Waals surface area contributed by atoms with E-state index in [1.54, 1.807) is 18.2 Å². The van der Waals surface area contributed by atoms with Crippen LogP contribution in [0.4, 0.5) is 0 Å². The second-order valence-corrected chi connectivity index (χ2v) is 7.32. The fourth-order valence-corrected chi connectivity index (χ4v) is 3.71. The number of carbonyl (C=O) groups excluding carboxylic acids is 1. The number of unbranched alkanes of at least 4 members (excludes halogenated alkanes) is 1. The van der Waals surface area contributed by atoms with Crippen molar-refractivity contribution in [1.29, 1.82) is 0 Å². The molecule has 1 atom stereocenters. The Kier molecular flexibility index (Phi) is 8.34. The topological polar surface area (TPSA) is 114 Å². The molecule has 1 aliphatic rings. The normalized spacial score (nSPS) is 17.3. The zero-order valence-corrected chi connectivity index (χ0v) is 15.8. The van der Waals surface area contributed by atoms with Gasteiger partial charge in [0.25, 0.3) is 10.0 Å². The van der Waals surface area contributed by atoms with E-state index in [2.05, 4.69) is 15.0 Å². The van der Waals surface area contributed by atoms with Gasteiger partial charge in [0.2, 0.25) is 5.91 Å². The lowest BCUT2D eigenvalue weighted by atomic mass is 10.1. The van der Waals surface area contributed by atoms with E-state index in [-0.39, 0.29) is 29.0 Å². The van der Waals surface area contributed by atoms with Gasteiger partial charge in [-0.2, -0.15) is 0 Å². The average molecular weight is 389 g/mol. The van der Waals surface area contributed by atoms with Crippen molar-refractivity contribution < 1.29 is 13.2 Å². The van der Waals surface area contributed by atoms with Crippen LogP contribution < -0.4 is 15.8 Å². The molecule has 7 nitrogen and oxygen atoms in total. The van der Waals surface area contributed by atoms with E-state index in [1.807, 2.05) is 6.92 Å². The molecule has 0 aliphatic carbocycles. The number of nitrogens with two attached hydrogens (primary N) is 1. The number of amides is 1. The van der Waals surface area contributed by atoms with Crippen molar-refractivity contribution in [2.75, 3.05) is 13.1 Å². The predicted octanol–water partition coefficient (Wildman–Crippen LogP) is 1.17. The molecule has 1 aliphatic heterocycles. The van der Waals surface area contributed by atoms with Crippen LogP contribution in [0.5, 0.6) is 0 Å². The first-order valence-corrected chi connectivity index (χ1v) is 9.65. The van der Waals surface area contributed by atoms with Gasteiger partial charge in [0.1, 0.15) is 11.9 Å². The Morgan fingerprint density at radius 3 is 2.72 bits per heavy atom. The predicted molar refractivity (Wildman–Crippen MR) is 101 cm³/mol. The SMILES string of the molecule is CCCCC(N=C1NS(=O)(=O)c2ccccc21)C(=O)NCCCN.Cl. The molecule has 1 aromatic rings. The zero-order valence-electron chi connectivity index (χ0n) is 14.2. The Morgan fingerprint density at radius 1 is 1.32 bits per heavy atom. The number of carbonyl (C=O) groups is 1. The van der Waals surface area contributed by atoms with E-state index in [4.69, 9.17) is 5.73 Å². The Labute approximate surface area is 154 Å². The number of rotatable bonds is 8. The Balaban J connectivity index is 0.00000312. The zero-order chi connectivity index (χ0) is 17.6. The summed E-state index contributed by atoms with van der Waals surface area (Å²) >= 11 is 0. The van der Waals surface area contributed by atoms with Gasteiger partial charge in [-0.15, -0.1) is 12.4 Å². The van der Waals surface area contributed by atoms with Crippen LogP contribution in [-0.2, 0) is 14.8 Å². The summed E-state index contributed by atoms with van der Waals surface area (Å²) in [6.45, 7) is 3.02. The lowest BCUT2D eigenvalue weighted by molar-refractivity contribution is -0.122. The third kappa shape index (κ3) is 5.42. The van der Waals surface area contributed by atoms with Crippen molar-refractivity contribution in [3.05, 3.63) is 29.8 Å². The molecular weight excluding hydrogens is 364 g/mol. The summed E-state index contributed by atoms with van der Waals surface area (Å²) in [4.78, 5) is 17.0. The number of nitrogens with zero attached hydrogens (tertiary/aromatic N) is 1. The van der Waals surface area contributed by atoms with E-state index in [1.165, 1.54) is 6.07 Å². The van der Waals surface area contributed by atoms with Crippen molar-refractivity contribution >= 4 is 34.2 Å². The third-order valence-electron chi connectivity index (χ3n) is 3.76. The van der Waals surface area contributed by atoms with Crippen molar-refractivity contribution in [2.24, 2.45) is 10.7 Å². The highest BCUT2D eigenvalue weighted by atomic mass is 35.5. The number of hydrogen-bond acceptors (Lipinski definition) is 5. The molecule has 0 saturated carbocycles. The number of sulfonamides is 1. The molecule has 0 radical (unpaired) electrons. The van der Waals surface area contributed by atoms with Gasteiger partial charge in [0, 0.05) is 12.1 Å². The lowest BCUT2D eigenvalue weighted by Crippen LogP contribution is -2.36. The number of benzene rings is 1. The van der Waals surface area contributed by atoms with Crippen molar-refractivity contribution in [3.63, 3.8) is 0 Å². The number of aliphatic imine (C=N–C) groups is 1. The first-order chi connectivity index (χ1) is 11.5. The average Bonchev–Trinajstić information content (AvgIpc) is 2.82. The van der Waals surface area contributed by atoms with E-state index in [0.717, 1.165) is 12.8 Å². The van der Waals surface area contributed by atoms with Crippen LogP contribution in [0, 0.1) is 0 Å². The molecule has 1 heterocycles. The molecule has 1 unspecified atom stereocenters. The summed E-state index contributed by atoms with van der Waals surface area (Å²) in [5.41, 5.74) is 5.94. The van der Waals surface area contributed by atoms with Crippen LogP contribution in [0.15, 0.2) is 34.2 Å². The van der Waals surface area contributed by atoms with Crippen molar-refractivity contribution in [2.45, 2.75) is 43.5 Å².